The summed E-state index contributed by atoms with van der Waals surface area (Å²) in [5, 5.41) is 3.23. The summed E-state index contributed by atoms with van der Waals surface area (Å²) in [6.07, 6.45) is 0. The van der Waals surface area contributed by atoms with Gasteiger partial charge in [-0.2, -0.15) is 0 Å². The van der Waals surface area contributed by atoms with Gasteiger partial charge in [-0.25, -0.2) is 0 Å². The molecule has 1 aliphatic rings. The lowest BCUT2D eigenvalue weighted by Gasteiger charge is -2.27. The van der Waals surface area contributed by atoms with Crippen LogP contribution in [0.25, 0.3) is 0 Å². The SMILES string of the molecule is CNc1ccccc1CN1CCOCC1. The Morgan fingerprint density at radius 3 is 2.73 bits per heavy atom. The van der Waals surface area contributed by atoms with E-state index in [0.717, 1.165) is 32.8 Å². The predicted molar refractivity (Wildman–Crippen MR) is 62.1 cm³/mol. The van der Waals surface area contributed by atoms with Gasteiger partial charge in [-0.15, -0.1) is 0 Å². The predicted octanol–water partition coefficient (Wildman–Crippen LogP) is 1.56. The van der Waals surface area contributed by atoms with Crippen LogP contribution in [0.3, 0.4) is 0 Å². The van der Waals surface area contributed by atoms with Crippen molar-refractivity contribution in [3.8, 4) is 0 Å². The van der Waals surface area contributed by atoms with Crippen LogP contribution in [-0.4, -0.2) is 38.3 Å². The lowest BCUT2D eigenvalue weighted by atomic mass is 10.1. The van der Waals surface area contributed by atoms with Gasteiger partial charge < -0.3 is 10.1 Å². The molecule has 15 heavy (non-hydrogen) atoms. The number of anilines is 1. The molecule has 0 aromatic heterocycles. The summed E-state index contributed by atoms with van der Waals surface area (Å²) in [5.74, 6) is 0. The van der Waals surface area contributed by atoms with Gasteiger partial charge >= 0.3 is 0 Å². The van der Waals surface area contributed by atoms with E-state index in [2.05, 4.69) is 34.5 Å². The van der Waals surface area contributed by atoms with Crippen LogP contribution in [0.4, 0.5) is 5.69 Å². The molecule has 1 heterocycles. The molecule has 3 heteroatoms. The van der Waals surface area contributed by atoms with Crippen LogP contribution in [0.5, 0.6) is 0 Å². The van der Waals surface area contributed by atoms with Crippen molar-refractivity contribution in [2.45, 2.75) is 6.54 Å². The van der Waals surface area contributed by atoms with Gasteiger partial charge in [0.05, 0.1) is 13.2 Å². The first kappa shape index (κ1) is 10.5. The minimum atomic E-state index is 0.863. The molecular formula is C12H18N2O. The maximum absolute atomic E-state index is 5.34. The number of morpholine rings is 1. The maximum atomic E-state index is 5.34. The van der Waals surface area contributed by atoms with Crippen molar-refractivity contribution in [3.05, 3.63) is 29.8 Å². The molecule has 3 nitrogen and oxygen atoms in total. The van der Waals surface area contributed by atoms with Crippen LogP contribution in [-0.2, 0) is 11.3 Å². The van der Waals surface area contributed by atoms with Gasteiger partial charge in [0.15, 0.2) is 0 Å². The summed E-state index contributed by atoms with van der Waals surface area (Å²) >= 11 is 0. The Labute approximate surface area is 91.0 Å². The van der Waals surface area contributed by atoms with Crippen molar-refractivity contribution < 1.29 is 4.74 Å². The molecule has 0 amide bonds. The number of para-hydroxylation sites is 1. The lowest BCUT2D eigenvalue weighted by molar-refractivity contribution is 0.0343. The molecule has 1 saturated heterocycles. The Hall–Kier alpha value is -1.06. The van der Waals surface area contributed by atoms with Crippen molar-refractivity contribution in [1.82, 2.24) is 4.90 Å². The Balaban J connectivity index is 2.02. The van der Waals surface area contributed by atoms with Crippen molar-refractivity contribution in [3.63, 3.8) is 0 Å². The lowest BCUT2D eigenvalue weighted by Crippen LogP contribution is -2.35. The van der Waals surface area contributed by atoms with Gasteiger partial charge in [-0.3, -0.25) is 4.90 Å². The fourth-order valence-corrected chi connectivity index (χ4v) is 1.90. The zero-order chi connectivity index (χ0) is 10.5. The second kappa shape index (κ2) is 5.14. The highest BCUT2D eigenvalue weighted by Crippen LogP contribution is 2.16. The molecule has 1 aromatic carbocycles. The topological polar surface area (TPSA) is 24.5 Å². The van der Waals surface area contributed by atoms with Crippen molar-refractivity contribution in [2.24, 2.45) is 0 Å². The minimum absolute atomic E-state index is 0.863. The summed E-state index contributed by atoms with van der Waals surface area (Å²) in [4.78, 5) is 2.43. The number of nitrogens with zero attached hydrogens (tertiary/aromatic N) is 1. The Bertz CT molecular complexity index is 308. The van der Waals surface area contributed by atoms with E-state index in [0.29, 0.717) is 0 Å². The van der Waals surface area contributed by atoms with E-state index in [9.17, 15) is 0 Å². The van der Waals surface area contributed by atoms with E-state index in [1.54, 1.807) is 0 Å². The zero-order valence-corrected chi connectivity index (χ0v) is 9.20. The summed E-state index contributed by atoms with van der Waals surface area (Å²) in [5.41, 5.74) is 2.59. The summed E-state index contributed by atoms with van der Waals surface area (Å²) in [6, 6.07) is 8.46. The molecule has 1 N–H and O–H groups in total. The molecule has 1 aliphatic heterocycles. The van der Waals surface area contributed by atoms with E-state index in [1.165, 1.54) is 11.3 Å². The van der Waals surface area contributed by atoms with E-state index >= 15 is 0 Å². The molecule has 0 aliphatic carbocycles. The van der Waals surface area contributed by atoms with Crippen LogP contribution >= 0.6 is 0 Å². The molecule has 0 atom stereocenters. The summed E-state index contributed by atoms with van der Waals surface area (Å²) < 4.78 is 5.34. The number of rotatable bonds is 3. The summed E-state index contributed by atoms with van der Waals surface area (Å²) in [7, 11) is 1.97. The summed E-state index contributed by atoms with van der Waals surface area (Å²) in [6.45, 7) is 4.82. The van der Waals surface area contributed by atoms with Gasteiger partial charge in [0.2, 0.25) is 0 Å². The Morgan fingerprint density at radius 1 is 1.27 bits per heavy atom. The first-order valence-corrected chi connectivity index (χ1v) is 5.46. The molecule has 0 spiro atoms. The molecule has 0 saturated carbocycles. The second-order valence-corrected chi connectivity index (χ2v) is 3.80. The van der Waals surface area contributed by atoms with Gasteiger partial charge in [0.25, 0.3) is 0 Å². The molecular weight excluding hydrogens is 188 g/mol. The number of hydrogen-bond donors (Lipinski definition) is 1. The van der Waals surface area contributed by atoms with Crippen molar-refractivity contribution >= 4 is 5.69 Å². The van der Waals surface area contributed by atoms with Gasteiger partial charge in [0, 0.05) is 32.4 Å². The standard InChI is InChI=1S/C12H18N2O/c1-13-12-5-3-2-4-11(12)10-14-6-8-15-9-7-14/h2-5,13H,6-10H2,1H3. The van der Waals surface area contributed by atoms with E-state index in [1.807, 2.05) is 7.05 Å². The average molecular weight is 206 g/mol. The van der Waals surface area contributed by atoms with E-state index in [4.69, 9.17) is 4.74 Å². The highest BCUT2D eigenvalue weighted by molar-refractivity contribution is 5.50. The number of benzene rings is 1. The van der Waals surface area contributed by atoms with Gasteiger partial charge in [-0.1, -0.05) is 18.2 Å². The number of nitrogens with one attached hydrogen (secondary N) is 1. The number of ether oxygens (including phenoxy) is 1. The van der Waals surface area contributed by atoms with Crippen LogP contribution in [0.15, 0.2) is 24.3 Å². The smallest absolute Gasteiger partial charge is 0.0594 e. The first-order chi connectivity index (χ1) is 7.40. The number of hydrogen-bond acceptors (Lipinski definition) is 3. The minimum Gasteiger partial charge on any atom is -0.388 e. The van der Waals surface area contributed by atoms with Gasteiger partial charge in [0.1, 0.15) is 0 Å². The fourth-order valence-electron chi connectivity index (χ4n) is 1.90. The van der Waals surface area contributed by atoms with Gasteiger partial charge in [-0.05, 0) is 11.6 Å². The average Bonchev–Trinajstić information content (AvgIpc) is 2.31. The third kappa shape index (κ3) is 2.70. The van der Waals surface area contributed by atoms with E-state index < -0.39 is 0 Å². The molecule has 82 valence electrons. The monoisotopic (exact) mass is 206 g/mol. The maximum Gasteiger partial charge on any atom is 0.0594 e. The second-order valence-electron chi connectivity index (χ2n) is 3.80. The van der Waals surface area contributed by atoms with Crippen molar-refractivity contribution in [2.75, 3.05) is 38.7 Å². The molecule has 0 unspecified atom stereocenters. The molecule has 1 fully saturated rings. The largest absolute Gasteiger partial charge is 0.388 e. The third-order valence-corrected chi connectivity index (χ3v) is 2.78. The highest BCUT2D eigenvalue weighted by Gasteiger charge is 2.11. The van der Waals surface area contributed by atoms with Crippen LogP contribution < -0.4 is 5.32 Å². The zero-order valence-electron chi connectivity index (χ0n) is 9.20. The molecule has 2 rings (SSSR count). The Morgan fingerprint density at radius 2 is 2.00 bits per heavy atom. The Kier molecular flexibility index (Phi) is 3.59. The highest BCUT2D eigenvalue weighted by atomic mass is 16.5. The third-order valence-electron chi connectivity index (χ3n) is 2.78. The first-order valence-electron chi connectivity index (χ1n) is 5.46. The van der Waals surface area contributed by atoms with Crippen LogP contribution in [0.2, 0.25) is 0 Å². The van der Waals surface area contributed by atoms with Crippen molar-refractivity contribution in [1.29, 1.82) is 0 Å². The van der Waals surface area contributed by atoms with Crippen LogP contribution in [0.1, 0.15) is 5.56 Å². The fraction of sp³-hybridized carbons (Fsp3) is 0.500. The van der Waals surface area contributed by atoms with Crippen LogP contribution in [0, 0.1) is 0 Å². The quantitative estimate of drug-likeness (QED) is 0.812. The molecule has 0 radical (unpaired) electrons. The normalized spacial score (nSPS) is 17.7. The molecule has 1 aromatic rings. The molecule has 0 bridgehead atoms. The van der Waals surface area contributed by atoms with E-state index in [-0.39, 0.29) is 0 Å².